The number of thioether (sulfide) groups is 1. The minimum Gasteiger partial charge on any atom is -0.497 e. The Bertz CT molecular complexity index is 957. The van der Waals surface area contributed by atoms with Crippen LogP contribution in [0.3, 0.4) is 0 Å². The normalized spacial score (nSPS) is 11.0. The maximum atomic E-state index is 5.29. The molecule has 5 nitrogen and oxygen atoms in total. The zero-order valence-electron chi connectivity index (χ0n) is 19.6. The van der Waals surface area contributed by atoms with E-state index < -0.39 is 0 Å². The van der Waals surface area contributed by atoms with Crippen molar-refractivity contribution in [2.45, 2.75) is 38.0 Å². The second-order valence-corrected chi connectivity index (χ2v) is 8.72. The molecule has 0 radical (unpaired) electrons. The van der Waals surface area contributed by atoms with Crippen LogP contribution in [-0.2, 0) is 5.75 Å². The molecule has 3 rings (SSSR count). The molecule has 1 aromatic heterocycles. The van der Waals surface area contributed by atoms with Gasteiger partial charge >= 0.3 is 0 Å². The van der Waals surface area contributed by atoms with Crippen molar-refractivity contribution in [3.63, 3.8) is 0 Å². The number of anilines is 1. The highest BCUT2D eigenvalue weighted by atomic mass is 32.2. The van der Waals surface area contributed by atoms with Gasteiger partial charge in [0.25, 0.3) is 0 Å². The van der Waals surface area contributed by atoms with Crippen molar-refractivity contribution in [1.82, 2.24) is 14.9 Å². The Hall–Kier alpha value is -2.57. The van der Waals surface area contributed by atoms with Crippen LogP contribution in [0.5, 0.6) is 5.75 Å². The first-order valence-electron chi connectivity index (χ1n) is 11.3. The van der Waals surface area contributed by atoms with Crippen molar-refractivity contribution in [1.29, 1.82) is 0 Å². The molecule has 0 aliphatic carbocycles. The summed E-state index contributed by atoms with van der Waals surface area (Å²) in [7, 11) is 1.67. The first-order chi connectivity index (χ1) is 15.6. The van der Waals surface area contributed by atoms with Gasteiger partial charge in [0.15, 0.2) is 5.82 Å². The highest BCUT2D eigenvalue weighted by molar-refractivity contribution is 7.98. The molecule has 0 saturated heterocycles. The maximum absolute atomic E-state index is 5.29. The molecular weight excluding hydrogens is 416 g/mol. The predicted molar refractivity (Wildman–Crippen MR) is 136 cm³/mol. The number of rotatable bonds is 12. The van der Waals surface area contributed by atoms with Crippen molar-refractivity contribution in [3.8, 4) is 17.1 Å². The fourth-order valence-electron chi connectivity index (χ4n) is 3.36. The molecule has 0 amide bonds. The Morgan fingerprint density at radius 2 is 1.69 bits per heavy atom. The average Bonchev–Trinajstić information content (AvgIpc) is 2.84. The van der Waals surface area contributed by atoms with Crippen molar-refractivity contribution in [2.75, 3.05) is 38.6 Å². The molecule has 0 saturated carbocycles. The Balaban J connectivity index is 1.74. The van der Waals surface area contributed by atoms with Crippen molar-refractivity contribution in [2.24, 2.45) is 0 Å². The van der Waals surface area contributed by atoms with Gasteiger partial charge in [-0.05, 0) is 62.8 Å². The molecule has 3 aromatic rings. The van der Waals surface area contributed by atoms with Gasteiger partial charge in [-0.15, -0.1) is 11.8 Å². The third-order valence-electron chi connectivity index (χ3n) is 5.41. The van der Waals surface area contributed by atoms with Crippen LogP contribution in [0.25, 0.3) is 11.4 Å². The monoisotopic (exact) mass is 450 g/mol. The molecule has 0 aliphatic rings. The van der Waals surface area contributed by atoms with Crippen molar-refractivity contribution in [3.05, 3.63) is 65.7 Å². The second kappa shape index (κ2) is 12.5. The van der Waals surface area contributed by atoms with Crippen LogP contribution < -0.4 is 10.1 Å². The lowest BCUT2D eigenvalue weighted by atomic mass is 10.2. The van der Waals surface area contributed by atoms with E-state index in [9.17, 15) is 0 Å². The Morgan fingerprint density at radius 3 is 2.34 bits per heavy atom. The fraction of sp³-hybridized carbons (Fsp3) is 0.385. The van der Waals surface area contributed by atoms with E-state index in [0.717, 1.165) is 66.3 Å². The van der Waals surface area contributed by atoms with E-state index in [-0.39, 0.29) is 0 Å². The third kappa shape index (κ3) is 7.24. The van der Waals surface area contributed by atoms with Crippen LogP contribution in [0.2, 0.25) is 0 Å². The number of nitrogens with one attached hydrogen (secondary N) is 1. The predicted octanol–water partition coefficient (Wildman–Crippen LogP) is 5.90. The summed E-state index contributed by atoms with van der Waals surface area (Å²) >= 11 is 1.74. The molecule has 1 heterocycles. The highest BCUT2D eigenvalue weighted by Crippen LogP contribution is 2.27. The van der Waals surface area contributed by atoms with E-state index in [1.807, 2.05) is 24.3 Å². The van der Waals surface area contributed by atoms with Crippen molar-refractivity contribution >= 4 is 17.6 Å². The second-order valence-electron chi connectivity index (χ2n) is 7.73. The molecule has 170 valence electrons. The lowest BCUT2D eigenvalue weighted by molar-refractivity contribution is 0.303. The smallest absolute Gasteiger partial charge is 0.162 e. The SMILES string of the molecule is CCN(CC)CCCNc1cc(SCc2ccc(C)cc2)nc(-c2ccc(OC)cc2)n1. The Kier molecular flexibility index (Phi) is 9.38. The van der Waals surface area contributed by atoms with E-state index in [0.29, 0.717) is 0 Å². The van der Waals surface area contributed by atoms with Crippen molar-refractivity contribution < 1.29 is 4.74 Å². The summed E-state index contributed by atoms with van der Waals surface area (Å²) in [6, 6.07) is 18.6. The summed E-state index contributed by atoms with van der Waals surface area (Å²) in [6.07, 6.45) is 1.08. The molecule has 0 atom stereocenters. The average molecular weight is 451 g/mol. The van der Waals surface area contributed by atoms with Gasteiger partial charge in [-0.25, -0.2) is 9.97 Å². The summed E-state index contributed by atoms with van der Waals surface area (Å²) in [5.41, 5.74) is 3.55. The Morgan fingerprint density at radius 1 is 0.969 bits per heavy atom. The molecular formula is C26H34N4OS. The van der Waals surface area contributed by atoms with Crippen LogP contribution >= 0.6 is 11.8 Å². The maximum Gasteiger partial charge on any atom is 0.162 e. The number of nitrogens with zero attached hydrogens (tertiary/aromatic N) is 3. The topological polar surface area (TPSA) is 50.3 Å². The largest absolute Gasteiger partial charge is 0.497 e. The van der Waals surface area contributed by atoms with Gasteiger partial charge < -0.3 is 15.0 Å². The van der Waals surface area contributed by atoms with Crippen LogP contribution in [0.4, 0.5) is 5.82 Å². The van der Waals surface area contributed by atoms with Gasteiger partial charge in [0.1, 0.15) is 16.6 Å². The van der Waals surface area contributed by atoms with Crippen LogP contribution in [0.1, 0.15) is 31.4 Å². The number of hydrogen-bond donors (Lipinski definition) is 1. The van der Waals surface area contributed by atoms with E-state index in [4.69, 9.17) is 14.7 Å². The molecule has 6 heteroatoms. The lowest BCUT2D eigenvalue weighted by Gasteiger charge is -2.18. The first kappa shape index (κ1) is 24.1. The molecule has 32 heavy (non-hydrogen) atoms. The standard InChI is InChI=1S/C26H34N4OS/c1-5-30(6-2)17-7-16-27-24-18-25(32-19-21-10-8-20(3)9-11-21)29-26(28-24)22-12-14-23(31-4)15-13-22/h8-15,18H,5-7,16-17,19H2,1-4H3,(H,27,28,29). The molecule has 0 aliphatic heterocycles. The summed E-state index contributed by atoms with van der Waals surface area (Å²) in [5.74, 6) is 3.30. The van der Waals surface area contributed by atoms with E-state index in [2.05, 4.69) is 61.3 Å². The lowest BCUT2D eigenvalue weighted by Crippen LogP contribution is -2.25. The van der Waals surface area contributed by atoms with Gasteiger partial charge in [0, 0.05) is 23.9 Å². The summed E-state index contributed by atoms with van der Waals surface area (Å²) in [4.78, 5) is 12.1. The minimum atomic E-state index is 0.729. The number of hydrogen-bond acceptors (Lipinski definition) is 6. The molecule has 0 spiro atoms. The third-order valence-corrected chi connectivity index (χ3v) is 6.39. The zero-order valence-corrected chi connectivity index (χ0v) is 20.4. The summed E-state index contributed by atoms with van der Waals surface area (Å²) < 4.78 is 5.29. The van der Waals surface area contributed by atoms with E-state index in [1.54, 1.807) is 18.9 Å². The molecule has 1 N–H and O–H groups in total. The van der Waals surface area contributed by atoms with Gasteiger partial charge in [-0.1, -0.05) is 43.7 Å². The quantitative estimate of drug-likeness (QED) is 0.211. The van der Waals surface area contributed by atoms with Crippen LogP contribution in [-0.4, -0.2) is 48.2 Å². The number of benzene rings is 2. The summed E-state index contributed by atoms with van der Waals surface area (Å²) in [6.45, 7) is 10.7. The van der Waals surface area contributed by atoms with Gasteiger partial charge in [-0.3, -0.25) is 0 Å². The van der Waals surface area contributed by atoms with Gasteiger partial charge in [-0.2, -0.15) is 0 Å². The van der Waals surface area contributed by atoms with Crippen LogP contribution in [0, 0.1) is 6.92 Å². The Labute approximate surface area is 196 Å². The molecule has 0 bridgehead atoms. The fourth-order valence-corrected chi connectivity index (χ4v) is 4.21. The van der Waals surface area contributed by atoms with Gasteiger partial charge in [0.05, 0.1) is 7.11 Å². The highest BCUT2D eigenvalue weighted by Gasteiger charge is 2.09. The summed E-state index contributed by atoms with van der Waals surface area (Å²) in [5, 5.41) is 4.48. The van der Waals surface area contributed by atoms with Crippen LogP contribution in [0.15, 0.2) is 59.6 Å². The molecule has 0 fully saturated rings. The van der Waals surface area contributed by atoms with Gasteiger partial charge in [0.2, 0.25) is 0 Å². The molecule has 2 aromatic carbocycles. The first-order valence-corrected chi connectivity index (χ1v) is 12.3. The number of ether oxygens (including phenoxy) is 1. The molecule has 0 unspecified atom stereocenters. The van der Waals surface area contributed by atoms with E-state index >= 15 is 0 Å². The number of aromatic nitrogens is 2. The van der Waals surface area contributed by atoms with E-state index in [1.165, 1.54) is 11.1 Å². The number of aryl methyl sites for hydroxylation is 1. The number of methoxy groups -OCH3 is 1. The zero-order chi connectivity index (χ0) is 22.8. The minimum absolute atomic E-state index is 0.729.